The number of amides is 2. The van der Waals surface area contributed by atoms with E-state index in [1.807, 2.05) is 61.5 Å². The molecule has 11 heteroatoms. The van der Waals surface area contributed by atoms with Gasteiger partial charge in [-0.25, -0.2) is 4.68 Å². The van der Waals surface area contributed by atoms with Crippen LogP contribution in [0.2, 0.25) is 0 Å². The number of carbonyl (C=O) groups excluding carboxylic acids is 3. The van der Waals surface area contributed by atoms with Crippen molar-refractivity contribution in [3.63, 3.8) is 0 Å². The highest BCUT2D eigenvalue weighted by atomic mass is 32.2. The van der Waals surface area contributed by atoms with Gasteiger partial charge in [-0.3, -0.25) is 14.4 Å². The van der Waals surface area contributed by atoms with Crippen molar-refractivity contribution in [2.45, 2.75) is 60.9 Å². The highest BCUT2D eigenvalue weighted by Crippen LogP contribution is 2.71. The third-order valence-electron chi connectivity index (χ3n) is 9.57. The van der Waals surface area contributed by atoms with Crippen LogP contribution in [-0.4, -0.2) is 89.0 Å². The van der Waals surface area contributed by atoms with E-state index in [2.05, 4.69) is 23.5 Å². The van der Waals surface area contributed by atoms with E-state index in [0.29, 0.717) is 31.2 Å². The van der Waals surface area contributed by atoms with Gasteiger partial charge in [0.15, 0.2) is 0 Å². The van der Waals surface area contributed by atoms with Crippen molar-refractivity contribution in [2.24, 2.45) is 11.8 Å². The lowest BCUT2D eigenvalue weighted by Gasteiger charge is -2.39. The summed E-state index contributed by atoms with van der Waals surface area (Å²) in [6.45, 7) is 9.79. The van der Waals surface area contributed by atoms with E-state index in [1.165, 1.54) is 0 Å². The van der Waals surface area contributed by atoms with Crippen LogP contribution in [0.3, 0.4) is 0 Å². The molecule has 10 nitrogen and oxygen atoms in total. The molecule has 1 spiro atoms. The Morgan fingerprint density at radius 2 is 1.91 bits per heavy atom. The summed E-state index contributed by atoms with van der Waals surface area (Å²) in [5, 5.41) is 19.3. The van der Waals surface area contributed by atoms with E-state index in [1.54, 1.807) is 38.4 Å². The summed E-state index contributed by atoms with van der Waals surface area (Å²) in [7, 11) is 0. The van der Waals surface area contributed by atoms with Crippen molar-refractivity contribution in [3.05, 3.63) is 85.5 Å². The molecule has 236 valence electrons. The van der Waals surface area contributed by atoms with Gasteiger partial charge in [-0.1, -0.05) is 59.8 Å². The molecule has 0 saturated carbocycles. The molecule has 1 N–H and O–H groups in total. The van der Waals surface area contributed by atoms with Crippen LogP contribution in [0.25, 0.3) is 11.0 Å². The van der Waals surface area contributed by atoms with Crippen LogP contribution in [0.15, 0.2) is 79.9 Å². The van der Waals surface area contributed by atoms with Crippen molar-refractivity contribution in [1.29, 1.82) is 0 Å². The molecule has 3 fully saturated rings. The number of rotatable bonds is 13. The minimum absolute atomic E-state index is 0.0993. The third-order valence-corrected chi connectivity index (χ3v) is 11.6. The Bertz CT molecular complexity index is 1610. The largest absolute Gasteiger partial charge is 0.465 e. The predicted molar refractivity (Wildman–Crippen MR) is 172 cm³/mol. The van der Waals surface area contributed by atoms with Gasteiger partial charge in [0.05, 0.1) is 41.4 Å². The Kier molecular flexibility index (Phi) is 8.58. The van der Waals surface area contributed by atoms with Crippen LogP contribution in [0, 0.1) is 11.8 Å². The van der Waals surface area contributed by atoms with Crippen LogP contribution >= 0.6 is 11.8 Å². The van der Waals surface area contributed by atoms with Crippen molar-refractivity contribution >= 4 is 40.6 Å². The van der Waals surface area contributed by atoms with Gasteiger partial charge < -0.3 is 19.6 Å². The van der Waals surface area contributed by atoms with E-state index in [4.69, 9.17) is 4.74 Å². The first-order valence-corrected chi connectivity index (χ1v) is 16.2. The molecule has 6 atom stereocenters. The van der Waals surface area contributed by atoms with Gasteiger partial charge >= 0.3 is 5.97 Å². The predicted octanol–water partition coefficient (Wildman–Crippen LogP) is 3.61. The van der Waals surface area contributed by atoms with Crippen molar-refractivity contribution in [3.8, 4) is 0 Å². The topological polar surface area (TPSA) is 118 Å². The lowest BCUT2D eigenvalue weighted by Crippen LogP contribution is -2.58. The van der Waals surface area contributed by atoms with Gasteiger partial charge in [0.25, 0.3) is 0 Å². The lowest BCUT2D eigenvalue weighted by atomic mass is 9.66. The molecule has 0 aliphatic carbocycles. The molecule has 3 saturated heterocycles. The number of nitrogens with zero attached hydrogens (tertiary/aromatic N) is 5. The molecular weight excluding hydrogens is 590 g/mol. The first kappa shape index (κ1) is 31.0. The number of hydrogen-bond donors (Lipinski definition) is 1. The van der Waals surface area contributed by atoms with Gasteiger partial charge in [0.1, 0.15) is 18.2 Å². The number of carbonyl (C=O) groups is 3. The number of likely N-dealkylation sites (tertiary alicyclic amines) is 1. The minimum atomic E-state index is -0.914. The van der Waals surface area contributed by atoms with Crippen LogP contribution in [0.1, 0.15) is 31.7 Å². The second-order valence-corrected chi connectivity index (χ2v) is 14.2. The molecule has 0 radical (unpaired) electrons. The van der Waals surface area contributed by atoms with Gasteiger partial charge in [-0.15, -0.1) is 30.0 Å². The zero-order chi connectivity index (χ0) is 31.8. The first-order chi connectivity index (χ1) is 21.8. The summed E-state index contributed by atoms with van der Waals surface area (Å²) in [6.07, 6.45) is 5.47. The monoisotopic (exact) mass is 629 g/mol. The van der Waals surface area contributed by atoms with Crippen LogP contribution in [0.4, 0.5) is 0 Å². The molecule has 4 heterocycles. The molecule has 2 unspecified atom stereocenters. The Hall–Kier alpha value is -3.96. The summed E-state index contributed by atoms with van der Waals surface area (Å²) in [5.74, 6) is -2.43. The molecule has 3 aliphatic rings. The van der Waals surface area contributed by atoms with E-state index in [9.17, 15) is 19.5 Å². The highest BCUT2D eigenvalue weighted by molar-refractivity contribution is 8.02. The molecule has 1 aromatic heterocycles. The highest BCUT2D eigenvalue weighted by Gasteiger charge is 2.78. The zero-order valence-corrected chi connectivity index (χ0v) is 26.3. The van der Waals surface area contributed by atoms with Crippen LogP contribution < -0.4 is 0 Å². The second kappa shape index (κ2) is 12.4. The first-order valence-electron chi connectivity index (χ1n) is 15.4. The number of thioether (sulfide) groups is 1. The molecule has 3 aliphatic heterocycles. The minimum Gasteiger partial charge on any atom is -0.465 e. The maximum atomic E-state index is 14.9. The van der Waals surface area contributed by atoms with Crippen molar-refractivity contribution in [2.75, 3.05) is 19.8 Å². The summed E-state index contributed by atoms with van der Waals surface area (Å²) >= 11 is 1.58. The number of para-hydroxylation sites is 1. The van der Waals surface area contributed by atoms with Gasteiger partial charge in [0, 0.05) is 11.3 Å². The van der Waals surface area contributed by atoms with E-state index in [-0.39, 0.29) is 38.2 Å². The number of ether oxygens (including phenoxy) is 1. The van der Waals surface area contributed by atoms with E-state index in [0.717, 1.165) is 11.1 Å². The number of benzene rings is 2. The Labute approximate surface area is 267 Å². The van der Waals surface area contributed by atoms with Crippen molar-refractivity contribution in [1.82, 2.24) is 24.8 Å². The van der Waals surface area contributed by atoms with E-state index >= 15 is 0 Å². The van der Waals surface area contributed by atoms with Crippen LogP contribution in [-0.2, 0) is 32.2 Å². The molecule has 45 heavy (non-hydrogen) atoms. The average molecular weight is 630 g/mol. The summed E-state index contributed by atoms with van der Waals surface area (Å²) in [5.41, 5.74) is 2.42. The number of aromatic nitrogens is 3. The molecule has 3 aromatic rings. The Morgan fingerprint density at radius 3 is 2.64 bits per heavy atom. The number of fused-ring (bicyclic) bond motifs is 2. The smallest absolute Gasteiger partial charge is 0.311 e. The molecule has 2 aromatic carbocycles. The maximum Gasteiger partial charge on any atom is 0.311 e. The lowest BCUT2D eigenvalue weighted by molar-refractivity contribution is -0.156. The van der Waals surface area contributed by atoms with Crippen LogP contribution in [0.5, 0.6) is 0 Å². The van der Waals surface area contributed by atoms with Gasteiger partial charge in [-0.2, -0.15) is 0 Å². The third kappa shape index (κ3) is 5.25. The fraction of sp³-hybridized carbons (Fsp3) is 0.441. The van der Waals surface area contributed by atoms with Gasteiger partial charge in [0.2, 0.25) is 11.8 Å². The molecule has 6 rings (SSSR count). The quantitative estimate of drug-likeness (QED) is 0.173. The Balaban J connectivity index is 1.41. The number of hydrogen-bond acceptors (Lipinski definition) is 8. The fourth-order valence-electron chi connectivity index (χ4n) is 7.59. The summed E-state index contributed by atoms with van der Waals surface area (Å²) in [6, 6.07) is 15.6. The summed E-state index contributed by atoms with van der Waals surface area (Å²) < 4.78 is 5.92. The number of esters is 1. The van der Waals surface area contributed by atoms with Crippen molar-refractivity contribution < 1.29 is 24.2 Å². The number of aliphatic hydroxyl groups is 1. The molecule has 2 bridgehead atoms. The SMILES string of the molecule is C=CCCOC(=O)[C@@H]1[C@H]2C(=O)N([C@@H](CO)Cc3ccccc3)C(C(=O)N(CC=C)Cn3nnc4ccccc43)C23CC[C@@]1(C)S3. The molecular formula is C34H39N5O5S. The normalized spacial score (nSPS) is 27.4. The molecule has 2 amide bonds. The zero-order valence-electron chi connectivity index (χ0n) is 25.5. The maximum absolute atomic E-state index is 14.9. The standard InChI is InChI=1S/C34H39N5O5S/c1-4-6-19-44-32(43)28-27-30(41)39(24(21-40)20-23-12-8-7-9-13-23)29(34(27)17-16-33(28,3)45-34)31(42)37(18-5-2)22-38-26-15-11-10-14-25(26)35-36-38/h4-5,7-15,24,27-29,40H,1-2,6,16-22H2,3H3/t24-,27+,28+,29?,33-,34?/m1/s1. The summed E-state index contributed by atoms with van der Waals surface area (Å²) in [4.78, 5) is 46.5. The number of aliphatic hydroxyl groups excluding tert-OH is 1. The fourth-order valence-corrected chi connectivity index (χ4v) is 9.92. The van der Waals surface area contributed by atoms with E-state index < -0.39 is 39.4 Å². The van der Waals surface area contributed by atoms with Gasteiger partial charge in [-0.05, 0) is 50.3 Å². The Morgan fingerprint density at radius 1 is 1.16 bits per heavy atom. The average Bonchev–Trinajstić information content (AvgIpc) is 3.75. The second-order valence-electron chi connectivity index (χ2n) is 12.3.